The van der Waals surface area contributed by atoms with Gasteiger partial charge in [0, 0.05) is 30.4 Å². The summed E-state index contributed by atoms with van der Waals surface area (Å²) in [6, 6.07) is 1.83. The van der Waals surface area contributed by atoms with Crippen molar-refractivity contribution in [2.75, 3.05) is 18.4 Å². The van der Waals surface area contributed by atoms with Gasteiger partial charge in [0.2, 0.25) is 0 Å². The van der Waals surface area contributed by atoms with Crippen LogP contribution < -0.4 is 5.32 Å². The summed E-state index contributed by atoms with van der Waals surface area (Å²) in [4.78, 5) is 14.0. The second-order valence-electron chi connectivity index (χ2n) is 4.34. The molecule has 5 heteroatoms. The van der Waals surface area contributed by atoms with E-state index in [1.165, 1.54) is 0 Å². The molecule has 0 aliphatic carbocycles. The Kier molecular flexibility index (Phi) is 3.46. The van der Waals surface area contributed by atoms with Gasteiger partial charge in [-0.25, -0.2) is 0 Å². The molecular weight excluding hydrogens is 216 g/mol. The van der Waals surface area contributed by atoms with Crippen molar-refractivity contribution in [2.24, 2.45) is 0 Å². The Morgan fingerprint density at radius 3 is 2.71 bits per heavy atom. The Morgan fingerprint density at radius 2 is 2.12 bits per heavy atom. The van der Waals surface area contributed by atoms with Crippen molar-refractivity contribution in [3.05, 3.63) is 23.5 Å². The van der Waals surface area contributed by atoms with Gasteiger partial charge in [0.25, 0.3) is 5.91 Å². The lowest BCUT2D eigenvalue weighted by molar-refractivity contribution is -0.126. The largest absolute Gasteiger partial charge is 0.344 e. The van der Waals surface area contributed by atoms with Crippen LogP contribution in [0, 0.1) is 0 Å². The van der Waals surface area contributed by atoms with Gasteiger partial charge in [-0.3, -0.25) is 9.89 Å². The van der Waals surface area contributed by atoms with Crippen LogP contribution in [0.4, 0.5) is 5.82 Å². The molecule has 1 aromatic heterocycles. The molecule has 1 saturated heterocycles. The monoisotopic (exact) mass is 234 g/mol. The van der Waals surface area contributed by atoms with E-state index in [0.29, 0.717) is 0 Å². The number of nitrogens with zero attached hydrogens (tertiary/aromatic N) is 2. The van der Waals surface area contributed by atoms with Crippen LogP contribution in [-0.4, -0.2) is 34.1 Å². The number of hydrogen-bond acceptors (Lipinski definition) is 3. The third-order valence-electron chi connectivity index (χ3n) is 3.10. The van der Waals surface area contributed by atoms with E-state index in [2.05, 4.69) is 15.5 Å². The van der Waals surface area contributed by atoms with Crippen LogP contribution in [0.3, 0.4) is 0 Å². The van der Waals surface area contributed by atoms with Gasteiger partial charge in [-0.15, -0.1) is 0 Å². The van der Waals surface area contributed by atoms with Crippen molar-refractivity contribution >= 4 is 11.7 Å². The molecule has 1 aromatic rings. The number of aromatic amines is 1. The van der Waals surface area contributed by atoms with Crippen LogP contribution in [0.1, 0.15) is 26.7 Å². The van der Waals surface area contributed by atoms with E-state index >= 15 is 0 Å². The molecule has 0 radical (unpaired) electrons. The summed E-state index contributed by atoms with van der Waals surface area (Å²) in [5.41, 5.74) is 1.63. The number of allylic oxidation sites excluding steroid dienone is 1. The highest BCUT2D eigenvalue weighted by molar-refractivity contribution is 5.94. The van der Waals surface area contributed by atoms with E-state index in [0.717, 1.165) is 43.0 Å². The Bertz CT molecular complexity index is 416. The van der Waals surface area contributed by atoms with E-state index in [9.17, 15) is 4.79 Å². The summed E-state index contributed by atoms with van der Waals surface area (Å²) in [5.74, 6) is 0.933. The molecule has 0 saturated carbocycles. The number of carbonyl (C=O) groups excluding carboxylic acids is 1. The highest BCUT2D eigenvalue weighted by atomic mass is 16.2. The minimum absolute atomic E-state index is 0.131. The van der Waals surface area contributed by atoms with Crippen molar-refractivity contribution in [1.82, 2.24) is 15.1 Å². The number of hydrogen-bond donors (Lipinski definition) is 2. The van der Waals surface area contributed by atoms with E-state index in [1.54, 1.807) is 6.20 Å². The summed E-state index contributed by atoms with van der Waals surface area (Å²) in [5, 5.41) is 9.80. The second kappa shape index (κ2) is 5.03. The lowest BCUT2D eigenvalue weighted by Crippen LogP contribution is -2.29. The topological polar surface area (TPSA) is 61.0 Å². The molecule has 1 aliphatic heterocycles. The van der Waals surface area contributed by atoms with Crippen molar-refractivity contribution in [2.45, 2.75) is 26.7 Å². The predicted molar refractivity (Wildman–Crippen MR) is 66.4 cm³/mol. The Balaban J connectivity index is 2.05. The fourth-order valence-electron chi connectivity index (χ4n) is 1.94. The summed E-state index contributed by atoms with van der Waals surface area (Å²) in [7, 11) is 0. The normalized spacial score (nSPS) is 16.9. The molecule has 1 fully saturated rings. The van der Waals surface area contributed by atoms with Crippen LogP contribution in [0.15, 0.2) is 23.5 Å². The number of rotatable bonds is 3. The molecule has 1 amide bonds. The molecule has 2 N–H and O–H groups in total. The number of anilines is 1. The smallest absolute Gasteiger partial charge is 0.251 e. The molecule has 2 rings (SSSR count). The van der Waals surface area contributed by atoms with Gasteiger partial charge in [-0.05, 0) is 26.7 Å². The zero-order valence-corrected chi connectivity index (χ0v) is 10.3. The van der Waals surface area contributed by atoms with E-state index in [1.807, 2.05) is 24.8 Å². The highest BCUT2D eigenvalue weighted by Gasteiger charge is 2.20. The molecule has 0 unspecified atom stereocenters. The fraction of sp³-hybridized carbons (Fsp3) is 0.500. The van der Waals surface area contributed by atoms with Crippen molar-refractivity contribution in [3.63, 3.8) is 0 Å². The first-order valence-corrected chi connectivity index (χ1v) is 5.91. The van der Waals surface area contributed by atoms with Gasteiger partial charge in [-0.2, -0.15) is 5.10 Å². The molecule has 0 spiro atoms. The Morgan fingerprint density at radius 1 is 1.41 bits per heavy atom. The molecule has 0 aromatic carbocycles. The Labute approximate surface area is 101 Å². The van der Waals surface area contributed by atoms with Crippen LogP contribution in [-0.2, 0) is 4.79 Å². The number of carbonyl (C=O) groups is 1. The second-order valence-corrected chi connectivity index (χ2v) is 4.34. The van der Waals surface area contributed by atoms with Gasteiger partial charge >= 0.3 is 0 Å². The maximum Gasteiger partial charge on any atom is 0.251 e. The van der Waals surface area contributed by atoms with E-state index in [4.69, 9.17) is 0 Å². The van der Waals surface area contributed by atoms with Crippen molar-refractivity contribution in [1.29, 1.82) is 0 Å². The minimum Gasteiger partial charge on any atom is -0.344 e. The zero-order chi connectivity index (χ0) is 12.3. The minimum atomic E-state index is 0.131. The summed E-state index contributed by atoms with van der Waals surface area (Å²) in [6.07, 6.45) is 3.91. The van der Waals surface area contributed by atoms with E-state index < -0.39 is 0 Å². The maximum absolute atomic E-state index is 12.1. The number of likely N-dealkylation sites (tertiary alicyclic amines) is 1. The third-order valence-corrected chi connectivity index (χ3v) is 3.10. The predicted octanol–water partition coefficient (Wildman–Crippen LogP) is 1.74. The molecular formula is C12H18N4O. The first kappa shape index (κ1) is 11.7. The molecule has 0 bridgehead atoms. The molecule has 17 heavy (non-hydrogen) atoms. The molecule has 5 nitrogen and oxygen atoms in total. The summed E-state index contributed by atoms with van der Waals surface area (Å²) >= 11 is 0. The maximum atomic E-state index is 12.1. The quantitative estimate of drug-likeness (QED) is 0.783. The van der Waals surface area contributed by atoms with Crippen LogP contribution in [0.5, 0.6) is 0 Å². The SMILES string of the molecule is C/C(Nc1ccn[nH]1)=C(/C)C(=O)N1CCCC1. The Hall–Kier alpha value is -1.78. The van der Waals surface area contributed by atoms with E-state index in [-0.39, 0.29) is 5.91 Å². The molecule has 92 valence electrons. The molecule has 1 aliphatic rings. The van der Waals surface area contributed by atoms with Crippen LogP contribution in [0.2, 0.25) is 0 Å². The molecule has 2 heterocycles. The molecule has 0 atom stereocenters. The van der Waals surface area contributed by atoms with Crippen molar-refractivity contribution < 1.29 is 4.79 Å². The summed E-state index contributed by atoms with van der Waals surface area (Å²) in [6.45, 7) is 5.53. The number of nitrogens with one attached hydrogen (secondary N) is 2. The summed E-state index contributed by atoms with van der Waals surface area (Å²) < 4.78 is 0. The van der Waals surface area contributed by atoms with Gasteiger partial charge < -0.3 is 10.2 Å². The highest BCUT2D eigenvalue weighted by Crippen LogP contribution is 2.15. The van der Waals surface area contributed by atoms with Crippen LogP contribution >= 0.6 is 0 Å². The zero-order valence-electron chi connectivity index (χ0n) is 10.3. The van der Waals surface area contributed by atoms with Crippen LogP contribution in [0.25, 0.3) is 0 Å². The van der Waals surface area contributed by atoms with Gasteiger partial charge in [0.15, 0.2) is 0 Å². The first-order chi connectivity index (χ1) is 8.18. The number of H-pyrrole nitrogens is 1. The average molecular weight is 234 g/mol. The third kappa shape index (κ3) is 2.67. The lowest BCUT2D eigenvalue weighted by atomic mass is 10.2. The lowest BCUT2D eigenvalue weighted by Gasteiger charge is -2.17. The number of aromatic nitrogens is 2. The standard InChI is InChI=1S/C12H18N4O/c1-9(12(17)16-7-3-4-8-16)10(2)14-11-5-6-13-15-11/h5-6H,3-4,7-8H2,1-2H3,(H2,13,14,15)/b10-9+. The van der Waals surface area contributed by atoms with Gasteiger partial charge in [0.1, 0.15) is 5.82 Å². The fourth-order valence-corrected chi connectivity index (χ4v) is 1.94. The average Bonchev–Trinajstić information content (AvgIpc) is 2.99. The van der Waals surface area contributed by atoms with Crippen molar-refractivity contribution in [3.8, 4) is 0 Å². The van der Waals surface area contributed by atoms with Gasteiger partial charge in [0.05, 0.1) is 6.20 Å². The number of amides is 1. The first-order valence-electron chi connectivity index (χ1n) is 5.91. The van der Waals surface area contributed by atoms with Gasteiger partial charge in [-0.1, -0.05) is 0 Å².